The van der Waals surface area contributed by atoms with Crippen LogP contribution in [0.15, 0.2) is 48.5 Å². The number of carbonyl (C=O) groups excluding carboxylic acids is 1. The number of rotatable bonds is 8. The van der Waals surface area contributed by atoms with Gasteiger partial charge in [0.25, 0.3) is 0 Å². The maximum Gasteiger partial charge on any atom is 0.223 e. The Morgan fingerprint density at radius 3 is 2.72 bits per heavy atom. The minimum absolute atomic E-state index is 0.144. The molecule has 0 bridgehead atoms. The van der Waals surface area contributed by atoms with Crippen molar-refractivity contribution in [3.8, 4) is 5.75 Å². The van der Waals surface area contributed by atoms with E-state index in [1.807, 2.05) is 41.3 Å². The second kappa shape index (κ2) is 8.68. The first-order valence-electron chi connectivity index (χ1n) is 10.6. The lowest BCUT2D eigenvalue weighted by atomic mass is 10.1. The van der Waals surface area contributed by atoms with E-state index in [0.717, 1.165) is 54.1 Å². The minimum Gasteiger partial charge on any atom is -0.491 e. The van der Waals surface area contributed by atoms with E-state index < -0.39 is 0 Å². The Labute approximate surface area is 172 Å². The van der Waals surface area contributed by atoms with E-state index in [2.05, 4.69) is 30.5 Å². The highest BCUT2D eigenvalue weighted by molar-refractivity contribution is 5.80. The lowest BCUT2D eigenvalue weighted by Gasteiger charge is -2.17. The van der Waals surface area contributed by atoms with Gasteiger partial charge < -0.3 is 14.2 Å². The molecule has 1 atom stereocenters. The summed E-state index contributed by atoms with van der Waals surface area (Å²) in [5, 5.41) is 0. The number of aromatic nitrogens is 2. The molecular formula is C24H29N3O2. The predicted molar refractivity (Wildman–Crippen MR) is 115 cm³/mol. The number of carbonyl (C=O) groups is 1. The average Bonchev–Trinajstić information content (AvgIpc) is 3.28. The lowest BCUT2D eigenvalue weighted by Crippen LogP contribution is -2.26. The quantitative estimate of drug-likeness (QED) is 0.566. The van der Waals surface area contributed by atoms with Crippen LogP contribution in [0.3, 0.4) is 0 Å². The summed E-state index contributed by atoms with van der Waals surface area (Å²) in [6, 6.07) is 16.3. The van der Waals surface area contributed by atoms with E-state index in [0.29, 0.717) is 19.6 Å². The van der Waals surface area contributed by atoms with Gasteiger partial charge in [0.05, 0.1) is 17.6 Å². The molecule has 1 amide bonds. The number of nitrogens with zero attached hydrogens (tertiary/aromatic N) is 3. The summed E-state index contributed by atoms with van der Waals surface area (Å²) >= 11 is 0. The molecule has 1 aliphatic heterocycles. The van der Waals surface area contributed by atoms with Crippen molar-refractivity contribution in [1.29, 1.82) is 0 Å². The maximum absolute atomic E-state index is 12.5. The lowest BCUT2D eigenvalue weighted by molar-refractivity contribution is -0.127. The summed E-state index contributed by atoms with van der Waals surface area (Å²) in [5.41, 5.74) is 3.23. The third-order valence-electron chi connectivity index (χ3n) is 5.71. The molecule has 152 valence electrons. The van der Waals surface area contributed by atoms with Crippen LogP contribution < -0.4 is 4.74 Å². The number of ether oxygens (including phenoxy) is 1. The monoisotopic (exact) mass is 391 g/mol. The molecule has 0 radical (unpaired) electrons. The highest BCUT2D eigenvalue weighted by Crippen LogP contribution is 2.30. The molecular weight excluding hydrogens is 362 g/mol. The van der Waals surface area contributed by atoms with E-state index in [-0.39, 0.29) is 11.8 Å². The predicted octanol–water partition coefficient (Wildman–Crippen LogP) is 4.54. The number of imidazole rings is 1. The van der Waals surface area contributed by atoms with Gasteiger partial charge in [-0.15, -0.1) is 0 Å². The molecule has 29 heavy (non-hydrogen) atoms. The molecule has 5 nitrogen and oxygen atoms in total. The number of benzene rings is 2. The van der Waals surface area contributed by atoms with Crippen LogP contribution in [0.25, 0.3) is 11.0 Å². The van der Waals surface area contributed by atoms with Gasteiger partial charge >= 0.3 is 0 Å². The second-order valence-electron chi connectivity index (χ2n) is 7.82. The minimum atomic E-state index is 0.144. The molecule has 0 N–H and O–H groups in total. The standard InChI is InChI=1S/C24H29N3O2/c1-3-4-13-26-17-19(16-23(26)28)24-25-20-10-6-7-11-21(20)27(24)14-15-29-22-12-8-5-9-18(22)2/h5-12,19H,3-4,13-17H2,1-2H3. The first-order chi connectivity index (χ1) is 14.2. The number of hydrogen-bond donors (Lipinski definition) is 0. The van der Waals surface area contributed by atoms with Crippen LogP contribution in [0.1, 0.15) is 43.5 Å². The Bertz CT molecular complexity index is 995. The van der Waals surface area contributed by atoms with Crippen LogP contribution in [0.2, 0.25) is 0 Å². The Morgan fingerprint density at radius 1 is 1.10 bits per heavy atom. The molecule has 1 saturated heterocycles. The third kappa shape index (κ3) is 4.14. The fourth-order valence-electron chi connectivity index (χ4n) is 4.12. The molecule has 1 fully saturated rings. The van der Waals surface area contributed by atoms with Gasteiger partial charge in [0.15, 0.2) is 0 Å². The Morgan fingerprint density at radius 2 is 1.90 bits per heavy atom. The zero-order chi connectivity index (χ0) is 20.2. The van der Waals surface area contributed by atoms with E-state index in [4.69, 9.17) is 9.72 Å². The second-order valence-corrected chi connectivity index (χ2v) is 7.82. The van der Waals surface area contributed by atoms with Crippen molar-refractivity contribution in [2.45, 2.75) is 45.6 Å². The van der Waals surface area contributed by atoms with Gasteiger partial charge in [0.1, 0.15) is 18.2 Å². The highest BCUT2D eigenvalue weighted by atomic mass is 16.5. The number of amides is 1. The Kier molecular flexibility index (Phi) is 5.84. The van der Waals surface area contributed by atoms with Gasteiger partial charge in [0.2, 0.25) is 5.91 Å². The molecule has 0 spiro atoms. The number of fused-ring (bicyclic) bond motifs is 1. The first-order valence-corrected chi connectivity index (χ1v) is 10.6. The molecule has 2 aromatic carbocycles. The van der Waals surface area contributed by atoms with Crippen LogP contribution in [0.4, 0.5) is 0 Å². The Balaban J connectivity index is 1.55. The summed E-state index contributed by atoms with van der Waals surface area (Å²) < 4.78 is 8.29. The molecule has 2 heterocycles. The number of hydrogen-bond acceptors (Lipinski definition) is 3. The van der Waals surface area contributed by atoms with Gasteiger partial charge in [-0.2, -0.15) is 0 Å². The normalized spacial score (nSPS) is 16.7. The zero-order valence-electron chi connectivity index (χ0n) is 17.3. The smallest absolute Gasteiger partial charge is 0.223 e. The van der Waals surface area contributed by atoms with E-state index in [1.54, 1.807) is 0 Å². The molecule has 0 aliphatic carbocycles. The maximum atomic E-state index is 12.5. The fraction of sp³-hybridized carbons (Fsp3) is 0.417. The van der Waals surface area contributed by atoms with Gasteiger partial charge in [-0.1, -0.05) is 43.7 Å². The SMILES string of the molecule is CCCCN1CC(c2nc3ccccc3n2CCOc2ccccc2C)CC1=O. The molecule has 3 aromatic rings. The van der Waals surface area contributed by atoms with Crippen LogP contribution >= 0.6 is 0 Å². The van der Waals surface area contributed by atoms with E-state index in [1.165, 1.54) is 0 Å². The molecule has 4 rings (SSSR count). The van der Waals surface area contributed by atoms with Crippen LogP contribution in [-0.2, 0) is 11.3 Å². The zero-order valence-corrected chi connectivity index (χ0v) is 17.3. The van der Waals surface area contributed by atoms with Gasteiger partial charge in [0, 0.05) is 25.4 Å². The number of para-hydroxylation sites is 3. The van der Waals surface area contributed by atoms with Crippen LogP contribution in [-0.4, -0.2) is 40.1 Å². The topological polar surface area (TPSA) is 47.4 Å². The number of likely N-dealkylation sites (tertiary alicyclic amines) is 1. The molecule has 1 aromatic heterocycles. The van der Waals surface area contributed by atoms with Gasteiger partial charge in [-0.05, 0) is 37.1 Å². The first kappa shape index (κ1) is 19.5. The average molecular weight is 392 g/mol. The van der Waals surface area contributed by atoms with E-state index in [9.17, 15) is 4.79 Å². The Hall–Kier alpha value is -2.82. The van der Waals surface area contributed by atoms with Crippen molar-refractivity contribution in [1.82, 2.24) is 14.5 Å². The summed E-state index contributed by atoms with van der Waals surface area (Å²) in [6.45, 7) is 7.11. The van der Waals surface area contributed by atoms with Crippen molar-refractivity contribution in [2.75, 3.05) is 19.7 Å². The fourth-order valence-corrected chi connectivity index (χ4v) is 4.12. The molecule has 1 unspecified atom stereocenters. The molecule has 0 saturated carbocycles. The summed E-state index contributed by atoms with van der Waals surface area (Å²) in [7, 11) is 0. The van der Waals surface area contributed by atoms with Crippen molar-refractivity contribution in [2.24, 2.45) is 0 Å². The third-order valence-corrected chi connectivity index (χ3v) is 5.71. The summed E-state index contributed by atoms with van der Waals surface area (Å²) in [6.07, 6.45) is 2.70. The molecule has 5 heteroatoms. The largest absolute Gasteiger partial charge is 0.491 e. The van der Waals surface area contributed by atoms with Crippen molar-refractivity contribution in [3.63, 3.8) is 0 Å². The van der Waals surface area contributed by atoms with E-state index >= 15 is 0 Å². The summed E-state index contributed by atoms with van der Waals surface area (Å²) in [5.74, 6) is 2.32. The molecule has 1 aliphatic rings. The summed E-state index contributed by atoms with van der Waals surface area (Å²) in [4.78, 5) is 19.4. The highest BCUT2D eigenvalue weighted by Gasteiger charge is 2.33. The van der Waals surface area contributed by atoms with Gasteiger partial charge in [-0.3, -0.25) is 4.79 Å². The number of unbranched alkanes of at least 4 members (excludes halogenated alkanes) is 1. The van der Waals surface area contributed by atoms with Crippen molar-refractivity contribution >= 4 is 16.9 Å². The van der Waals surface area contributed by atoms with Crippen molar-refractivity contribution in [3.05, 3.63) is 59.9 Å². The van der Waals surface area contributed by atoms with Crippen LogP contribution in [0.5, 0.6) is 5.75 Å². The van der Waals surface area contributed by atoms with Crippen LogP contribution in [0, 0.1) is 6.92 Å². The van der Waals surface area contributed by atoms with Crippen molar-refractivity contribution < 1.29 is 9.53 Å². The van der Waals surface area contributed by atoms with Gasteiger partial charge in [-0.25, -0.2) is 4.98 Å². The number of aryl methyl sites for hydroxylation is 1.